The standard InChI is InChI=1S/C18H21FN4O2S2/c1-11(2)20-17(25)22-18-21-14-7-8-23(9-15(14)27-18)16(24)10-26-13-5-3-12(19)4-6-13/h3-6,11H,7-10H2,1-2H3,(H2,20,21,22,25). The molecule has 0 fully saturated rings. The zero-order valence-corrected chi connectivity index (χ0v) is 16.8. The van der Waals surface area contributed by atoms with Gasteiger partial charge in [0.1, 0.15) is 5.82 Å². The Balaban J connectivity index is 1.55. The molecule has 1 aliphatic heterocycles. The number of halogens is 1. The molecule has 0 saturated heterocycles. The van der Waals surface area contributed by atoms with Crippen LogP contribution in [0, 0.1) is 5.82 Å². The Morgan fingerprint density at radius 3 is 2.78 bits per heavy atom. The normalized spacial score (nSPS) is 13.4. The predicted octanol–water partition coefficient (Wildman–Crippen LogP) is 3.49. The van der Waals surface area contributed by atoms with Gasteiger partial charge in [0.05, 0.1) is 18.0 Å². The number of hydrogen-bond donors (Lipinski definition) is 2. The quantitative estimate of drug-likeness (QED) is 0.743. The number of carbonyl (C=O) groups is 2. The van der Waals surface area contributed by atoms with E-state index in [2.05, 4.69) is 15.6 Å². The van der Waals surface area contributed by atoms with Crippen molar-refractivity contribution in [3.63, 3.8) is 0 Å². The Bertz CT molecular complexity index is 823. The van der Waals surface area contributed by atoms with Crippen LogP contribution in [0.5, 0.6) is 0 Å². The van der Waals surface area contributed by atoms with Crippen molar-refractivity contribution >= 4 is 40.2 Å². The number of aromatic nitrogens is 1. The summed E-state index contributed by atoms with van der Waals surface area (Å²) in [4.78, 5) is 32.4. The highest BCUT2D eigenvalue weighted by atomic mass is 32.2. The Morgan fingerprint density at radius 1 is 1.33 bits per heavy atom. The van der Waals surface area contributed by atoms with Crippen LogP contribution >= 0.6 is 23.1 Å². The largest absolute Gasteiger partial charge is 0.336 e. The van der Waals surface area contributed by atoms with Gasteiger partial charge >= 0.3 is 6.03 Å². The van der Waals surface area contributed by atoms with E-state index in [-0.39, 0.29) is 23.8 Å². The van der Waals surface area contributed by atoms with Crippen LogP contribution in [-0.4, -0.2) is 40.2 Å². The highest BCUT2D eigenvalue weighted by molar-refractivity contribution is 8.00. The summed E-state index contributed by atoms with van der Waals surface area (Å²) < 4.78 is 12.9. The van der Waals surface area contributed by atoms with Gasteiger partial charge in [-0.2, -0.15) is 0 Å². The van der Waals surface area contributed by atoms with E-state index in [9.17, 15) is 14.0 Å². The first-order valence-electron chi connectivity index (χ1n) is 8.63. The summed E-state index contributed by atoms with van der Waals surface area (Å²) in [6.45, 7) is 4.89. The fraction of sp³-hybridized carbons (Fsp3) is 0.389. The van der Waals surface area contributed by atoms with Crippen molar-refractivity contribution in [1.82, 2.24) is 15.2 Å². The van der Waals surface area contributed by atoms with Gasteiger partial charge in [0.15, 0.2) is 5.13 Å². The summed E-state index contributed by atoms with van der Waals surface area (Å²) in [5.74, 6) is 0.0585. The number of thioether (sulfide) groups is 1. The Hall–Kier alpha value is -2.13. The maximum atomic E-state index is 12.9. The number of amides is 3. The van der Waals surface area contributed by atoms with Crippen LogP contribution in [0.3, 0.4) is 0 Å². The summed E-state index contributed by atoms with van der Waals surface area (Å²) in [5.41, 5.74) is 0.940. The summed E-state index contributed by atoms with van der Waals surface area (Å²) >= 11 is 2.80. The second kappa shape index (κ2) is 8.71. The lowest BCUT2D eigenvalue weighted by molar-refractivity contribution is -0.129. The third kappa shape index (κ3) is 5.43. The van der Waals surface area contributed by atoms with E-state index < -0.39 is 0 Å². The Labute approximate surface area is 165 Å². The average Bonchev–Trinajstić information content (AvgIpc) is 3.01. The second-order valence-corrected chi connectivity index (χ2v) is 8.58. The van der Waals surface area contributed by atoms with Gasteiger partial charge in [0.25, 0.3) is 0 Å². The second-order valence-electron chi connectivity index (χ2n) is 6.45. The van der Waals surface area contributed by atoms with Crippen LogP contribution in [0.2, 0.25) is 0 Å². The molecule has 1 aromatic carbocycles. The number of thiazole rings is 1. The molecule has 0 spiro atoms. The van der Waals surface area contributed by atoms with Gasteiger partial charge in [0.2, 0.25) is 5.91 Å². The highest BCUT2D eigenvalue weighted by Crippen LogP contribution is 2.29. The third-order valence-corrected chi connectivity index (χ3v) is 5.89. The van der Waals surface area contributed by atoms with Crippen molar-refractivity contribution in [3.8, 4) is 0 Å². The third-order valence-electron chi connectivity index (χ3n) is 3.90. The molecule has 0 radical (unpaired) electrons. The monoisotopic (exact) mass is 408 g/mol. The van der Waals surface area contributed by atoms with Crippen molar-refractivity contribution in [2.75, 3.05) is 17.6 Å². The molecule has 1 aromatic heterocycles. The number of urea groups is 1. The molecule has 0 atom stereocenters. The van der Waals surface area contributed by atoms with Crippen molar-refractivity contribution in [3.05, 3.63) is 40.7 Å². The number of fused-ring (bicyclic) bond motifs is 1. The Kier molecular flexibility index (Phi) is 6.33. The van der Waals surface area contributed by atoms with E-state index in [4.69, 9.17) is 0 Å². The molecule has 3 amide bonds. The molecule has 0 bridgehead atoms. The molecule has 9 heteroatoms. The van der Waals surface area contributed by atoms with Crippen molar-refractivity contribution < 1.29 is 14.0 Å². The van der Waals surface area contributed by atoms with Gasteiger partial charge in [-0.1, -0.05) is 11.3 Å². The molecule has 0 aliphatic carbocycles. The lowest BCUT2D eigenvalue weighted by Crippen LogP contribution is -2.36. The first-order valence-corrected chi connectivity index (χ1v) is 10.4. The van der Waals surface area contributed by atoms with Crippen LogP contribution in [0.4, 0.5) is 14.3 Å². The Morgan fingerprint density at radius 2 is 2.07 bits per heavy atom. The van der Waals surface area contributed by atoms with E-state index >= 15 is 0 Å². The minimum Gasteiger partial charge on any atom is -0.336 e. The minimum absolute atomic E-state index is 0.0374. The molecule has 2 aromatic rings. The van der Waals surface area contributed by atoms with E-state index in [0.717, 1.165) is 15.5 Å². The summed E-state index contributed by atoms with van der Waals surface area (Å²) in [6, 6.07) is 5.89. The number of nitrogens with zero attached hydrogens (tertiary/aromatic N) is 2. The number of anilines is 1. The van der Waals surface area contributed by atoms with Crippen molar-refractivity contribution in [2.45, 2.75) is 37.8 Å². The van der Waals surface area contributed by atoms with Crippen LogP contribution in [-0.2, 0) is 17.8 Å². The molecular formula is C18H21FN4O2S2. The van der Waals surface area contributed by atoms with Gasteiger partial charge < -0.3 is 10.2 Å². The van der Waals surface area contributed by atoms with Gasteiger partial charge in [-0.15, -0.1) is 11.8 Å². The maximum Gasteiger partial charge on any atom is 0.321 e. The lowest BCUT2D eigenvalue weighted by Gasteiger charge is -2.26. The van der Waals surface area contributed by atoms with Gasteiger partial charge in [0, 0.05) is 28.8 Å². The molecule has 1 aliphatic rings. The summed E-state index contributed by atoms with van der Waals surface area (Å²) in [5, 5.41) is 6.05. The molecule has 0 unspecified atom stereocenters. The molecule has 144 valence electrons. The molecular weight excluding hydrogens is 387 g/mol. The fourth-order valence-corrected chi connectivity index (χ4v) is 4.44. The van der Waals surface area contributed by atoms with Crippen molar-refractivity contribution in [1.29, 1.82) is 0 Å². The lowest BCUT2D eigenvalue weighted by atomic mass is 10.2. The van der Waals surface area contributed by atoms with Gasteiger partial charge in [-0.25, -0.2) is 14.2 Å². The fourth-order valence-electron chi connectivity index (χ4n) is 2.62. The van der Waals surface area contributed by atoms with Crippen LogP contribution in [0.1, 0.15) is 24.4 Å². The first-order chi connectivity index (χ1) is 12.9. The number of hydrogen-bond acceptors (Lipinski definition) is 5. The van der Waals surface area contributed by atoms with E-state index in [1.54, 1.807) is 17.0 Å². The smallest absolute Gasteiger partial charge is 0.321 e. The number of benzene rings is 1. The number of nitrogens with one attached hydrogen (secondary N) is 2. The summed E-state index contributed by atoms with van der Waals surface area (Å²) in [7, 11) is 0. The topological polar surface area (TPSA) is 74.3 Å². The molecule has 0 saturated carbocycles. The molecule has 6 nitrogen and oxygen atoms in total. The molecule has 3 rings (SSSR count). The zero-order chi connectivity index (χ0) is 19.4. The van der Waals surface area contributed by atoms with Crippen LogP contribution in [0.15, 0.2) is 29.2 Å². The van der Waals surface area contributed by atoms with Gasteiger partial charge in [-0.05, 0) is 38.1 Å². The number of rotatable bonds is 5. The van der Waals surface area contributed by atoms with E-state index in [1.165, 1.54) is 35.2 Å². The van der Waals surface area contributed by atoms with Crippen molar-refractivity contribution in [2.24, 2.45) is 0 Å². The molecule has 2 N–H and O–H groups in total. The maximum absolute atomic E-state index is 12.9. The highest BCUT2D eigenvalue weighted by Gasteiger charge is 2.24. The first kappa shape index (κ1) is 19.6. The van der Waals surface area contributed by atoms with Crippen LogP contribution in [0.25, 0.3) is 0 Å². The van der Waals surface area contributed by atoms with Gasteiger partial charge in [-0.3, -0.25) is 10.1 Å². The SMILES string of the molecule is CC(C)NC(=O)Nc1nc2c(s1)CN(C(=O)CSc1ccc(F)cc1)CC2. The summed E-state index contributed by atoms with van der Waals surface area (Å²) in [6.07, 6.45) is 0.673. The molecule has 2 heterocycles. The van der Waals surface area contributed by atoms with E-state index in [0.29, 0.717) is 30.4 Å². The average molecular weight is 409 g/mol. The molecule has 27 heavy (non-hydrogen) atoms. The zero-order valence-electron chi connectivity index (χ0n) is 15.1. The predicted molar refractivity (Wildman–Crippen MR) is 106 cm³/mol. The minimum atomic E-state index is -0.286. The van der Waals surface area contributed by atoms with Crippen LogP contribution < -0.4 is 10.6 Å². The number of carbonyl (C=O) groups excluding carboxylic acids is 2. The van der Waals surface area contributed by atoms with E-state index in [1.807, 2.05) is 13.8 Å².